The fourth-order valence-corrected chi connectivity index (χ4v) is 1.92. The summed E-state index contributed by atoms with van der Waals surface area (Å²) in [6.45, 7) is 2.56. The van der Waals surface area contributed by atoms with Crippen LogP contribution in [0.1, 0.15) is 18.1 Å². The number of aryl methyl sites for hydroxylation is 1. The Morgan fingerprint density at radius 3 is 2.35 bits per heavy atom. The average molecular weight is 247 g/mol. The Morgan fingerprint density at radius 2 is 1.82 bits per heavy atom. The smallest absolute Gasteiger partial charge is 0.134 e. The van der Waals surface area contributed by atoms with Crippen LogP contribution in [0.25, 0.3) is 11.3 Å². The predicted octanol–water partition coefficient (Wildman–Crippen LogP) is 3.42. The molecule has 1 aromatic heterocycles. The van der Waals surface area contributed by atoms with Crippen LogP contribution in [0, 0.1) is 0 Å². The van der Waals surface area contributed by atoms with E-state index < -0.39 is 0 Å². The minimum absolute atomic E-state index is 0.418. The molecular formula is C14H15ClN2. The Hall–Kier alpha value is -1.38. The summed E-state index contributed by atoms with van der Waals surface area (Å²) in [6.07, 6.45) is 1.04. The minimum atomic E-state index is 0.418. The van der Waals surface area contributed by atoms with Gasteiger partial charge in [-0.25, -0.2) is 4.98 Å². The van der Waals surface area contributed by atoms with E-state index in [1.807, 2.05) is 12.1 Å². The lowest BCUT2D eigenvalue weighted by atomic mass is 10.1. The van der Waals surface area contributed by atoms with E-state index in [4.69, 9.17) is 17.3 Å². The topological polar surface area (TPSA) is 38.9 Å². The number of nitrogens with zero attached hydrogens (tertiary/aromatic N) is 1. The van der Waals surface area contributed by atoms with Crippen molar-refractivity contribution >= 4 is 11.6 Å². The fourth-order valence-electron chi connectivity index (χ4n) is 1.69. The Kier molecular flexibility index (Phi) is 3.77. The maximum Gasteiger partial charge on any atom is 0.134 e. The van der Waals surface area contributed by atoms with E-state index in [2.05, 4.69) is 36.2 Å². The number of halogens is 1. The zero-order valence-corrected chi connectivity index (χ0v) is 10.5. The SMILES string of the molecule is CCc1ccc(-c2ccc(CN)c(Cl)n2)cc1. The molecular weight excluding hydrogens is 232 g/mol. The molecule has 0 fully saturated rings. The van der Waals surface area contributed by atoms with Crippen molar-refractivity contribution in [3.05, 3.63) is 52.7 Å². The van der Waals surface area contributed by atoms with Gasteiger partial charge in [0, 0.05) is 17.7 Å². The van der Waals surface area contributed by atoms with Crippen LogP contribution in [-0.2, 0) is 13.0 Å². The first-order valence-electron chi connectivity index (χ1n) is 5.69. The van der Waals surface area contributed by atoms with Gasteiger partial charge in [-0.1, -0.05) is 48.9 Å². The third-order valence-corrected chi connectivity index (χ3v) is 3.13. The monoisotopic (exact) mass is 246 g/mol. The molecule has 2 aromatic rings. The van der Waals surface area contributed by atoms with Gasteiger partial charge in [-0.15, -0.1) is 0 Å². The van der Waals surface area contributed by atoms with Crippen molar-refractivity contribution in [3.63, 3.8) is 0 Å². The quantitative estimate of drug-likeness (QED) is 0.843. The second-order valence-electron chi connectivity index (χ2n) is 3.90. The summed E-state index contributed by atoms with van der Waals surface area (Å²) in [6, 6.07) is 12.2. The molecule has 0 saturated heterocycles. The molecule has 2 nitrogen and oxygen atoms in total. The van der Waals surface area contributed by atoms with E-state index in [1.165, 1.54) is 5.56 Å². The van der Waals surface area contributed by atoms with Crippen LogP contribution < -0.4 is 5.73 Å². The fraction of sp³-hybridized carbons (Fsp3) is 0.214. The number of rotatable bonds is 3. The molecule has 0 amide bonds. The molecule has 0 spiro atoms. The summed E-state index contributed by atoms with van der Waals surface area (Å²) < 4.78 is 0. The Morgan fingerprint density at radius 1 is 1.12 bits per heavy atom. The van der Waals surface area contributed by atoms with E-state index >= 15 is 0 Å². The number of nitrogens with two attached hydrogens (primary N) is 1. The molecule has 0 radical (unpaired) electrons. The van der Waals surface area contributed by atoms with Crippen LogP contribution >= 0.6 is 11.6 Å². The molecule has 3 heteroatoms. The van der Waals surface area contributed by atoms with Gasteiger partial charge in [-0.2, -0.15) is 0 Å². The van der Waals surface area contributed by atoms with Gasteiger partial charge in [-0.05, 0) is 18.1 Å². The highest BCUT2D eigenvalue weighted by Gasteiger charge is 2.04. The van der Waals surface area contributed by atoms with Crippen molar-refractivity contribution in [3.8, 4) is 11.3 Å². The van der Waals surface area contributed by atoms with E-state index in [0.717, 1.165) is 23.2 Å². The van der Waals surface area contributed by atoms with Gasteiger partial charge in [0.15, 0.2) is 0 Å². The summed E-state index contributed by atoms with van der Waals surface area (Å²) >= 11 is 6.05. The lowest BCUT2D eigenvalue weighted by molar-refractivity contribution is 1.05. The Labute approximate surface area is 106 Å². The number of aromatic nitrogens is 1. The van der Waals surface area contributed by atoms with Crippen LogP contribution in [0.3, 0.4) is 0 Å². The molecule has 2 rings (SSSR count). The van der Waals surface area contributed by atoms with Crippen molar-refractivity contribution in [1.29, 1.82) is 0 Å². The summed E-state index contributed by atoms with van der Waals surface area (Å²) in [5, 5.41) is 0.490. The normalized spacial score (nSPS) is 10.5. The van der Waals surface area contributed by atoms with Crippen LogP contribution in [0.4, 0.5) is 0 Å². The summed E-state index contributed by atoms with van der Waals surface area (Å²) in [5.74, 6) is 0. The van der Waals surface area contributed by atoms with Gasteiger partial charge in [0.25, 0.3) is 0 Å². The average Bonchev–Trinajstić information content (AvgIpc) is 2.39. The van der Waals surface area contributed by atoms with E-state index in [-0.39, 0.29) is 0 Å². The summed E-state index contributed by atoms with van der Waals surface area (Å²) in [4.78, 5) is 4.36. The largest absolute Gasteiger partial charge is 0.326 e. The molecule has 0 aliphatic rings. The maximum absolute atomic E-state index is 6.05. The van der Waals surface area contributed by atoms with Gasteiger partial charge < -0.3 is 5.73 Å². The van der Waals surface area contributed by atoms with Crippen LogP contribution in [0.5, 0.6) is 0 Å². The highest BCUT2D eigenvalue weighted by molar-refractivity contribution is 6.30. The van der Waals surface area contributed by atoms with E-state index in [1.54, 1.807) is 0 Å². The van der Waals surface area contributed by atoms with Gasteiger partial charge in [0.05, 0.1) is 5.69 Å². The number of pyridine rings is 1. The lowest BCUT2D eigenvalue weighted by Crippen LogP contribution is -1.99. The van der Waals surface area contributed by atoms with Crippen molar-refractivity contribution in [1.82, 2.24) is 4.98 Å². The molecule has 0 bridgehead atoms. The summed E-state index contributed by atoms with van der Waals surface area (Å²) in [5.41, 5.74) is 9.71. The highest BCUT2D eigenvalue weighted by atomic mass is 35.5. The Balaban J connectivity index is 2.35. The molecule has 0 saturated carbocycles. The standard InChI is InChI=1S/C14H15ClN2/c1-2-10-3-5-11(6-4-10)13-8-7-12(9-16)14(15)17-13/h3-8H,2,9,16H2,1H3. The van der Waals surface area contributed by atoms with Crippen molar-refractivity contribution in [2.75, 3.05) is 0 Å². The first-order valence-corrected chi connectivity index (χ1v) is 6.07. The molecule has 1 aromatic carbocycles. The molecule has 2 N–H and O–H groups in total. The second kappa shape index (κ2) is 5.30. The zero-order chi connectivity index (χ0) is 12.3. The molecule has 0 unspecified atom stereocenters. The first-order chi connectivity index (χ1) is 8.24. The van der Waals surface area contributed by atoms with E-state index in [0.29, 0.717) is 11.7 Å². The third-order valence-electron chi connectivity index (χ3n) is 2.80. The van der Waals surface area contributed by atoms with Gasteiger partial charge in [0.2, 0.25) is 0 Å². The molecule has 88 valence electrons. The third kappa shape index (κ3) is 2.65. The van der Waals surface area contributed by atoms with Crippen LogP contribution in [0.15, 0.2) is 36.4 Å². The number of hydrogen-bond donors (Lipinski definition) is 1. The molecule has 1 heterocycles. The molecule has 0 atom stereocenters. The van der Waals surface area contributed by atoms with Crippen molar-refractivity contribution in [2.45, 2.75) is 19.9 Å². The lowest BCUT2D eigenvalue weighted by Gasteiger charge is -2.05. The molecule has 17 heavy (non-hydrogen) atoms. The minimum Gasteiger partial charge on any atom is -0.326 e. The molecule has 0 aliphatic heterocycles. The van der Waals surface area contributed by atoms with Gasteiger partial charge in [-0.3, -0.25) is 0 Å². The first kappa shape index (κ1) is 12.1. The molecule has 0 aliphatic carbocycles. The zero-order valence-electron chi connectivity index (χ0n) is 9.78. The number of hydrogen-bond acceptors (Lipinski definition) is 2. The van der Waals surface area contributed by atoms with Crippen molar-refractivity contribution in [2.24, 2.45) is 5.73 Å². The number of benzene rings is 1. The highest BCUT2D eigenvalue weighted by Crippen LogP contribution is 2.22. The van der Waals surface area contributed by atoms with Gasteiger partial charge in [0.1, 0.15) is 5.15 Å². The van der Waals surface area contributed by atoms with Crippen LogP contribution in [0.2, 0.25) is 5.15 Å². The summed E-state index contributed by atoms with van der Waals surface area (Å²) in [7, 11) is 0. The maximum atomic E-state index is 6.05. The van der Waals surface area contributed by atoms with Crippen molar-refractivity contribution < 1.29 is 0 Å². The van der Waals surface area contributed by atoms with E-state index in [9.17, 15) is 0 Å². The predicted molar refractivity (Wildman–Crippen MR) is 72.0 cm³/mol. The second-order valence-corrected chi connectivity index (χ2v) is 4.26. The Bertz CT molecular complexity index is 506. The van der Waals surface area contributed by atoms with Crippen LogP contribution in [-0.4, -0.2) is 4.98 Å². The van der Waals surface area contributed by atoms with Gasteiger partial charge >= 0.3 is 0 Å².